The van der Waals surface area contributed by atoms with Gasteiger partial charge in [0.1, 0.15) is 5.69 Å². The second kappa shape index (κ2) is 7.17. The van der Waals surface area contributed by atoms with Crippen molar-refractivity contribution in [2.75, 3.05) is 26.2 Å². The molecule has 21 heavy (non-hydrogen) atoms. The molecule has 2 heterocycles. The van der Waals surface area contributed by atoms with E-state index in [-0.39, 0.29) is 17.7 Å². The van der Waals surface area contributed by atoms with E-state index in [0.29, 0.717) is 31.9 Å². The summed E-state index contributed by atoms with van der Waals surface area (Å²) in [6.07, 6.45) is 3.26. The van der Waals surface area contributed by atoms with Gasteiger partial charge in [-0.15, -0.1) is 0 Å². The van der Waals surface area contributed by atoms with Crippen molar-refractivity contribution in [2.24, 2.45) is 11.7 Å². The van der Waals surface area contributed by atoms with Gasteiger partial charge in [0, 0.05) is 32.4 Å². The zero-order valence-electron chi connectivity index (χ0n) is 12.3. The van der Waals surface area contributed by atoms with Crippen LogP contribution >= 0.6 is 0 Å². The molecule has 0 spiro atoms. The lowest BCUT2D eigenvalue weighted by Crippen LogP contribution is -2.46. The first-order chi connectivity index (χ1) is 10.1. The molecule has 1 aromatic heterocycles. The van der Waals surface area contributed by atoms with Crippen molar-refractivity contribution in [1.29, 1.82) is 0 Å². The van der Waals surface area contributed by atoms with Gasteiger partial charge in [-0.1, -0.05) is 6.07 Å². The number of rotatable bonds is 4. The molecule has 0 bridgehead atoms. The van der Waals surface area contributed by atoms with Crippen LogP contribution in [0.1, 0.15) is 28.9 Å². The highest BCUT2D eigenvalue weighted by Gasteiger charge is 2.29. The van der Waals surface area contributed by atoms with Crippen LogP contribution in [0.3, 0.4) is 0 Å². The molecule has 1 unspecified atom stereocenters. The number of carbonyl (C=O) groups is 2. The summed E-state index contributed by atoms with van der Waals surface area (Å²) in [6.45, 7) is 3.90. The number of nitrogens with two attached hydrogens (primary N) is 1. The number of nitrogens with one attached hydrogen (secondary N) is 1. The van der Waals surface area contributed by atoms with Gasteiger partial charge in [0.05, 0.1) is 5.92 Å². The maximum Gasteiger partial charge on any atom is 0.272 e. The van der Waals surface area contributed by atoms with E-state index in [4.69, 9.17) is 5.73 Å². The average molecular weight is 290 g/mol. The number of pyridine rings is 1. The van der Waals surface area contributed by atoms with E-state index in [9.17, 15) is 9.59 Å². The van der Waals surface area contributed by atoms with Gasteiger partial charge in [0.15, 0.2) is 0 Å². The van der Waals surface area contributed by atoms with E-state index in [1.54, 1.807) is 11.1 Å². The molecule has 6 heteroatoms. The molecule has 114 valence electrons. The minimum Gasteiger partial charge on any atom is -0.355 e. The molecule has 1 aliphatic rings. The maximum absolute atomic E-state index is 12.5. The lowest BCUT2D eigenvalue weighted by Gasteiger charge is -2.32. The number of amides is 2. The Morgan fingerprint density at radius 2 is 2.33 bits per heavy atom. The van der Waals surface area contributed by atoms with Gasteiger partial charge in [0.2, 0.25) is 5.91 Å². The molecule has 2 rings (SSSR count). The van der Waals surface area contributed by atoms with Crippen molar-refractivity contribution < 1.29 is 9.59 Å². The number of nitrogens with zero attached hydrogens (tertiary/aromatic N) is 2. The summed E-state index contributed by atoms with van der Waals surface area (Å²) >= 11 is 0. The first-order valence-electron chi connectivity index (χ1n) is 7.32. The van der Waals surface area contributed by atoms with Crippen LogP contribution in [-0.4, -0.2) is 47.9 Å². The highest BCUT2D eigenvalue weighted by molar-refractivity contribution is 5.94. The van der Waals surface area contributed by atoms with Gasteiger partial charge in [-0.2, -0.15) is 0 Å². The zero-order valence-corrected chi connectivity index (χ0v) is 12.3. The first-order valence-corrected chi connectivity index (χ1v) is 7.32. The second-order valence-electron chi connectivity index (χ2n) is 5.34. The van der Waals surface area contributed by atoms with Gasteiger partial charge < -0.3 is 16.0 Å². The van der Waals surface area contributed by atoms with Crippen molar-refractivity contribution in [1.82, 2.24) is 15.2 Å². The fraction of sp³-hybridized carbons (Fsp3) is 0.533. The van der Waals surface area contributed by atoms with Crippen molar-refractivity contribution in [3.05, 3.63) is 29.6 Å². The van der Waals surface area contributed by atoms with Crippen molar-refractivity contribution in [3.63, 3.8) is 0 Å². The topological polar surface area (TPSA) is 88.3 Å². The molecule has 1 atom stereocenters. The van der Waals surface area contributed by atoms with E-state index in [1.165, 1.54) is 0 Å². The lowest BCUT2D eigenvalue weighted by atomic mass is 9.96. The van der Waals surface area contributed by atoms with Gasteiger partial charge in [-0.25, -0.2) is 0 Å². The number of piperidine rings is 1. The molecular formula is C15H22N4O2. The zero-order chi connectivity index (χ0) is 15.2. The average Bonchev–Trinajstić information content (AvgIpc) is 2.52. The first kappa shape index (κ1) is 15.4. The van der Waals surface area contributed by atoms with Crippen molar-refractivity contribution in [2.45, 2.75) is 19.8 Å². The second-order valence-corrected chi connectivity index (χ2v) is 5.34. The molecule has 0 saturated carbocycles. The van der Waals surface area contributed by atoms with Crippen LogP contribution in [0.25, 0.3) is 0 Å². The molecule has 3 N–H and O–H groups in total. The third-order valence-electron chi connectivity index (χ3n) is 3.73. The largest absolute Gasteiger partial charge is 0.355 e. The Morgan fingerprint density at radius 3 is 3.05 bits per heavy atom. The van der Waals surface area contributed by atoms with Gasteiger partial charge in [-0.3, -0.25) is 14.6 Å². The van der Waals surface area contributed by atoms with Crippen LogP contribution in [0.4, 0.5) is 0 Å². The molecule has 0 aromatic carbocycles. The third-order valence-corrected chi connectivity index (χ3v) is 3.73. The number of hydrogen-bond donors (Lipinski definition) is 2. The Labute approximate surface area is 124 Å². The van der Waals surface area contributed by atoms with Gasteiger partial charge >= 0.3 is 0 Å². The van der Waals surface area contributed by atoms with Crippen LogP contribution in [0.15, 0.2) is 18.3 Å². The Hall–Kier alpha value is -1.95. The number of hydrogen-bond acceptors (Lipinski definition) is 4. The molecule has 1 aliphatic heterocycles. The highest BCUT2D eigenvalue weighted by atomic mass is 16.2. The Morgan fingerprint density at radius 1 is 1.52 bits per heavy atom. The highest BCUT2D eigenvalue weighted by Crippen LogP contribution is 2.19. The van der Waals surface area contributed by atoms with E-state index >= 15 is 0 Å². The third kappa shape index (κ3) is 3.78. The fourth-order valence-electron chi connectivity index (χ4n) is 2.57. The molecule has 6 nitrogen and oxygen atoms in total. The van der Waals surface area contributed by atoms with Crippen molar-refractivity contribution in [3.8, 4) is 0 Å². The summed E-state index contributed by atoms with van der Waals surface area (Å²) in [5.41, 5.74) is 6.72. The number of aromatic nitrogens is 1. The van der Waals surface area contributed by atoms with Crippen molar-refractivity contribution >= 4 is 11.8 Å². The summed E-state index contributed by atoms with van der Waals surface area (Å²) in [6, 6.07) is 3.68. The minimum atomic E-state index is -0.154. The smallest absolute Gasteiger partial charge is 0.272 e. The van der Waals surface area contributed by atoms with Crippen LogP contribution in [0, 0.1) is 12.8 Å². The molecular weight excluding hydrogens is 268 g/mol. The Bertz CT molecular complexity index is 518. The van der Waals surface area contributed by atoms with Crippen LogP contribution in [0.2, 0.25) is 0 Å². The number of likely N-dealkylation sites (tertiary alicyclic amines) is 1. The predicted octanol–water partition coefficient (Wildman–Crippen LogP) is 0.317. The SMILES string of the molecule is Cc1cccnc1C(=O)N1CCCC(C(=O)NCCN)C1. The minimum absolute atomic E-state index is 0.0179. The quantitative estimate of drug-likeness (QED) is 0.835. The summed E-state index contributed by atoms with van der Waals surface area (Å²) in [7, 11) is 0. The summed E-state index contributed by atoms with van der Waals surface area (Å²) < 4.78 is 0. The van der Waals surface area contributed by atoms with Gasteiger partial charge in [0.25, 0.3) is 5.91 Å². The standard InChI is InChI=1S/C15H22N4O2/c1-11-4-2-7-17-13(11)15(21)19-9-3-5-12(10-19)14(20)18-8-6-16/h2,4,7,12H,3,5-6,8-10,16H2,1H3,(H,18,20). The Balaban J connectivity index is 2.02. The number of carbonyl (C=O) groups excluding carboxylic acids is 2. The monoisotopic (exact) mass is 290 g/mol. The summed E-state index contributed by atoms with van der Waals surface area (Å²) in [5, 5.41) is 2.80. The van der Waals surface area contributed by atoms with Crippen LogP contribution in [0.5, 0.6) is 0 Å². The van der Waals surface area contributed by atoms with E-state index in [1.807, 2.05) is 19.1 Å². The lowest BCUT2D eigenvalue weighted by molar-refractivity contribution is -0.126. The molecule has 1 aromatic rings. The maximum atomic E-state index is 12.5. The van der Waals surface area contributed by atoms with E-state index in [0.717, 1.165) is 18.4 Å². The Kier molecular flexibility index (Phi) is 5.27. The summed E-state index contributed by atoms with van der Waals surface area (Å²) in [4.78, 5) is 30.4. The molecule has 1 saturated heterocycles. The number of aryl methyl sites for hydroxylation is 1. The van der Waals surface area contributed by atoms with Gasteiger partial charge in [-0.05, 0) is 31.4 Å². The fourth-order valence-corrected chi connectivity index (χ4v) is 2.57. The van der Waals surface area contributed by atoms with E-state index < -0.39 is 0 Å². The normalized spacial score (nSPS) is 18.4. The van der Waals surface area contributed by atoms with Crippen LogP contribution in [-0.2, 0) is 4.79 Å². The molecule has 0 radical (unpaired) electrons. The molecule has 2 amide bonds. The molecule has 0 aliphatic carbocycles. The molecule has 1 fully saturated rings. The summed E-state index contributed by atoms with van der Waals surface area (Å²) in [5.74, 6) is -0.265. The van der Waals surface area contributed by atoms with Crippen LogP contribution < -0.4 is 11.1 Å². The van der Waals surface area contributed by atoms with E-state index in [2.05, 4.69) is 10.3 Å². The predicted molar refractivity (Wildman–Crippen MR) is 79.7 cm³/mol.